The lowest BCUT2D eigenvalue weighted by molar-refractivity contribution is 0.0902. The third-order valence-electron chi connectivity index (χ3n) is 4.33. The van der Waals surface area contributed by atoms with Crippen molar-refractivity contribution in [3.63, 3.8) is 0 Å². The van der Waals surface area contributed by atoms with Crippen molar-refractivity contribution in [3.05, 3.63) is 0 Å². The Morgan fingerprint density at radius 3 is 2.50 bits per heavy atom. The van der Waals surface area contributed by atoms with E-state index in [1.165, 1.54) is 0 Å². The van der Waals surface area contributed by atoms with Gasteiger partial charge in [-0.25, -0.2) is 0 Å². The summed E-state index contributed by atoms with van der Waals surface area (Å²) in [5, 5.41) is 21.3. The minimum absolute atomic E-state index is 0.338. The molecular formula is C10H18N2O2. The van der Waals surface area contributed by atoms with Gasteiger partial charge in [-0.1, -0.05) is 19.0 Å². The largest absolute Gasteiger partial charge is 0.411 e. The number of hydrogen-bond donors (Lipinski definition) is 3. The molecule has 2 saturated carbocycles. The molecule has 14 heavy (non-hydrogen) atoms. The third-order valence-corrected chi connectivity index (χ3v) is 4.33. The van der Waals surface area contributed by atoms with Crippen LogP contribution < -0.4 is 5.48 Å². The highest BCUT2D eigenvalue weighted by Gasteiger charge is 2.63. The SMILES string of the molecule is CC1(C)[C@@H]2C[C@@](C)(NO)/C(=N\O)C[C@@H]21. The monoisotopic (exact) mass is 198 g/mol. The Labute approximate surface area is 84.0 Å². The summed E-state index contributed by atoms with van der Waals surface area (Å²) in [6.07, 6.45) is 1.64. The average molecular weight is 198 g/mol. The number of hydrogen-bond acceptors (Lipinski definition) is 4. The lowest BCUT2D eigenvalue weighted by Crippen LogP contribution is -2.50. The van der Waals surface area contributed by atoms with Crippen LogP contribution in [0.3, 0.4) is 0 Å². The van der Waals surface area contributed by atoms with E-state index in [2.05, 4.69) is 24.5 Å². The summed E-state index contributed by atoms with van der Waals surface area (Å²) in [5.74, 6) is 1.26. The van der Waals surface area contributed by atoms with Crippen LogP contribution in [-0.4, -0.2) is 21.7 Å². The van der Waals surface area contributed by atoms with Crippen molar-refractivity contribution in [1.82, 2.24) is 5.48 Å². The van der Waals surface area contributed by atoms with Crippen LogP contribution in [0.5, 0.6) is 0 Å². The first-order chi connectivity index (χ1) is 6.45. The number of fused-ring (bicyclic) bond motifs is 1. The fraction of sp³-hybridized carbons (Fsp3) is 0.900. The van der Waals surface area contributed by atoms with E-state index in [-0.39, 0.29) is 0 Å². The number of rotatable bonds is 1. The number of nitrogens with zero attached hydrogens (tertiary/aromatic N) is 1. The summed E-state index contributed by atoms with van der Waals surface area (Å²) in [4.78, 5) is 0. The zero-order chi connectivity index (χ0) is 10.6. The molecule has 0 amide bonds. The van der Waals surface area contributed by atoms with Gasteiger partial charge in [-0.2, -0.15) is 5.48 Å². The summed E-state index contributed by atoms with van der Waals surface area (Å²) >= 11 is 0. The highest BCUT2D eigenvalue weighted by molar-refractivity contribution is 5.94. The van der Waals surface area contributed by atoms with Gasteiger partial charge in [0.1, 0.15) is 0 Å². The van der Waals surface area contributed by atoms with Gasteiger partial charge in [-0.05, 0) is 37.0 Å². The smallest absolute Gasteiger partial charge is 0.0818 e. The molecule has 4 heteroatoms. The molecule has 2 aliphatic rings. The maximum absolute atomic E-state index is 9.12. The zero-order valence-electron chi connectivity index (χ0n) is 8.91. The molecule has 4 nitrogen and oxygen atoms in total. The molecular weight excluding hydrogens is 180 g/mol. The molecule has 80 valence electrons. The number of hydroxylamine groups is 1. The fourth-order valence-corrected chi connectivity index (χ4v) is 2.92. The Morgan fingerprint density at radius 2 is 2.00 bits per heavy atom. The Balaban J connectivity index is 2.23. The Hall–Kier alpha value is -0.610. The average Bonchev–Trinajstić information content (AvgIpc) is 2.66. The van der Waals surface area contributed by atoms with Crippen molar-refractivity contribution in [2.75, 3.05) is 0 Å². The van der Waals surface area contributed by atoms with E-state index >= 15 is 0 Å². The predicted octanol–water partition coefficient (Wildman–Crippen LogP) is 1.62. The van der Waals surface area contributed by atoms with Crippen LogP contribution in [0.25, 0.3) is 0 Å². The van der Waals surface area contributed by atoms with Crippen molar-refractivity contribution in [2.24, 2.45) is 22.4 Å². The number of nitrogens with one attached hydrogen (secondary N) is 1. The van der Waals surface area contributed by atoms with Gasteiger partial charge >= 0.3 is 0 Å². The van der Waals surface area contributed by atoms with E-state index in [1.54, 1.807) is 0 Å². The highest BCUT2D eigenvalue weighted by atomic mass is 16.5. The van der Waals surface area contributed by atoms with Crippen LogP contribution in [0.4, 0.5) is 0 Å². The van der Waals surface area contributed by atoms with Gasteiger partial charge in [0.25, 0.3) is 0 Å². The molecule has 0 unspecified atom stereocenters. The van der Waals surface area contributed by atoms with Crippen LogP contribution in [0.15, 0.2) is 5.16 Å². The van der Waals surface area contributed by atoms with E-state index in [0.29, 0.717) is 23.0 Å². The molecule has 0 saturated heterocycles. The standard InChI is InChI=1S/C10H18N2O2/c1-9(2)6-4-8(11-13)10(3,12-14)5-7(6)9/h6-7,12-14H,4-5H2,1-3H3/b11-8-/t6-,7+,10+/m0/s1. The van der Waals surface area contributed by atoms with Crippen LogP contribution >= 0.6 is 0 Å². The summed E-state index contributed by atoms with van der Waals surface area (Å²) in [6, 6.07) is 0. The van der Waals surface area contributed by atoms with E-state index in [0.717, 1.165) is 12.8 Å². The summed E-state index contributed by atoms with van der Waals surface area (Å²) in [5.41, 5.74) is 2.76. The van der Waals surface area contributed by atoms with E-state index in [4.69, 9.17) is 10.4 Å². The fourth-order valence-electron chi connectivity index (χ4n) is 2.92. The number of oxime groups is 1. The van der Waals surface area contributed by atoms with Gasteiger partial charge in [-0.3, -0.25) is 0 Å². The third kappa shape index (κ3) is 1.10. The minimum Gasteiger partial charge on any atom is -0.411 e. The van der Waals surface area contributed by atoms with E-state index in [9.17, 15) is 0 Å². The molecule has 3 atom stereocenters. The molecule has 0 radical (unpaired) electrons. The van der Waals surface area contributed by atoms with Crippen LogP contribution in [0.1, 0.15) is 33.6 Å². The zero-order valence-corrected chi connectivity index (χ0v) is 8.91. The van der Waals surface area contributed by atoms with Gasteiger partial charge in [0.2, 0.25) is 0 Å². The second kappa shape index (κ2) is 2.70. The Bertz CT molecular complexity index is 288. The maximum atomic E-state index is 9.12. The van der Waals surface area contributed by atoms with Crippen LogP contribution in [0, 0.1) is 17.3 Å². The molecule has 0 aliphatic heterocycles. The van der Waals surface area contributed by atoms with Gasteiger partial charge in [0.15, 0.2) is 0 Å². The van der Waals surface area contributed by atoms with Crippen molar-refractivity contribution in [2.45, 2.75) is 39.2 Å². The quantitative estimate of drug-likeness (QED) is 0.443. The first-order valence-corrected chi connectivity index (χ1v) is 5.08. The Morgan fingerprint density at radius 1 is 1.36 bits per heavy atom. The van der Waals surface area contributed by atoms with Crippen molar-refractivity contribution < 1.29 is 10.4 Å². The lowest BCUT2D eigenvalue weighted by atomic mass is 9.82. The predicted molar refractivity (Wildman–Crippen MR) is 52.5 cm³/mol. The van der Waals surface area contributed by atoms with E-state index in [1.807, 2.05) is 6.92 Å². The van der Waals surface area contributed by atoms with Crippen molar-refractivity contribution in [3.8, 4) is 0 Å². The van der Waals surface area contributed by atoms with Gasteiger partial charge in [-0.15, -0.1) is 0 Å². The second-order valence-corrected chi connectivity index (χ2v) is 5.43. The van der Waals surface area contributed by atoms with Crippen molar-refractivity contribution >= 4 is 5.71 Å². The van der Waals surface area contributed by atoms with Crippen LogP contribution in [0.2, 0.25) is 0 Å². The van der Waals surface area contributed by atoms with E-state index < -0.39 is 5.54 Å². The highest BCUT2D eigenvalue weighted by Crippen LogP contribution is 2.65. The lowest BCUT2D eigenvalue weighted by Gasteiger charge is -2.32. The first kappa shape index (κ1) is 9.93. The normalized spacial score (nSPS) is 47.6. The molecule has 3 N–H and O–H groups in total. The summed E-state index contributed by atoms with van der Waals surface area (Å²) in [6.45, 7) is 6.35. The van der Waals surface area contributed by atoms with Gasteiger partial charge < -0.3 is 10.4 Å². The molecule has 0 aromatic carbocycles. The topological polar surface area (TPSA) is 64.8 Å². The molecule has 0 bridgehead atoms. The summed E-state index contributed by atoms with van der Waals surface area (Å²) in [7, 11) is 0. The second-order valence-electron chi connectivity index (χ2n) is 5.43. The Kier molecular flexibility index (Phi) is 1.92. The molecule has 0 aromatic heterocycles. The molecule has 2 aliphatic carbocycles. The van der Waals surface area contributed by atoms with Crippen molar-refractivity contribution in [1.29, 1.82) is 0 Å². The molecule has 2 fully saturated rings. The van der Waals surface area contributed by atoms with Gasteiger partial charge in [0.05, 0.1) is 11.3 Å². The minimum atomic E-state index is -0.538. The van der Waals surface area contributed by atoms with Crippen LogP contribution in [-0.2, 0) is 0 Å². The summed E-state index contributed by atoms with van der Waals surface area (Å²) < 4.78 is 0. The van der Waals surface area contributed by atoms with Gasteiger partial charge in [0, 0.05) is 0 Å². The first-order valence-electron chi connectivity index (χ1n) is 5.08. The maximum Gasteiger partial charge on any atom is 0.0818 e. The molecule has 0 heterocycles. The molecule has 2 rings (SSSR count). The molecule has 0 aromatic rings. The molecule has 0 spiro atoms.